The monoisotopic (exact) mass is 224 g/mol. The van der Waals surface area contributed by atoms with Crippen LogP contribution in [0.25, 0.3) is 0 Å². The van der Waals surface area contributed by atoms with Gasteiger partial charge >= 0.3 is 0 Å². The third-order valence-corrected chi connectivity index (χ3v) is 3.43. The number of nitriles is 1. The maximum absolute atomic E-state index is 8.78. The van der Waals surface area contributed by atoms with Crippen LogP contribution in [0.2, 0.25) is 0 Å². The van der Waals surface area contributed by atoms with Gasteiger partial charge in [-0.25, -0.2) is 0 Å². The van der Waals surface area contributed by atoms with Gasteiger partial charge in [-0.05, 0) is 32.4 Å². The average molecular weight is 224 g/mol. The lowest BCUT2D eigenvalue weighted by atomic mass is 10.2. The van der Waals surface area contributed by atoms with Crippen LogP contribution in [0, 0.1) is 11.3 Å². The van der Waals surface area contributed by atoms with Gasteiger partial charge in [-0.2, -0.15) is 5.26 Å². The molecule has 2 atom stereocenters. The van der Waals surface area contributed by atoms with E-state index >= 15 is 0 Å². The first-order valence-electron chi connectivity index (χ1n) is 5.04. The number of aliphatic hydroxyl groups is 1. The highest BCUT2D eigenvalue weighted by atomic mass is 32.1. The van der Waals surface area contributed by atoms with Crippen LogP contribution >= 0.6 is 11.3 Å². The maximum atomic E-state index is 8.78. The van der Waals surface area contributed by atoms with Crippen LogP contribution in [0.5, 0.6) is 0 Å². The van der Waals surface area contributed by atoms with Gasteiger partial charge in [0.2, 0.25) is 0 Å². The fourth-order valence-electron chi connectivity index (χ4n) is 1.43. The van der Waals surface area contributed by atoms with Gasteiger partial charge in [0, 0.05) is 23.6 Å². The van der Waals surface area contributed by atoms with Crippen LogP contribution in [0.3, 0.4) is 0 Å². The van der Waals surface area contributed by atoms with Crippen molar-refractivity contribution in [3.05, 3.63) is 21.9 Å². The molecule has 82 valence electrons. The fourth-order valence-corrected chi connectivity index (χ4v) is 2.25. The minimum absolute atomic E-state index is 0.203. The SMILES string of the molecule is CC(N[C@H](C)CCO)c1ccc(C#N)s1. The van der Waals surface area contributed by atoms with Gasteiger partial charge in [0.05, 0.1) is 0 Å². The molecule has 0 saturated heterocycles. The van der Waals surface area contributed by atoms with E-state index in [1.165, 1.54) is 11.3 Å². The van der Waals surface area contributed by atoms with Crippen molar-refractivity contribution in [3.63, 3.8) is 0 Å². The molecule has 0 aromatic carbocycles. The van der Waals surface area contributed by atoms with Gasteiger partial charge in [0.15, 0.2) is 0 Å². The van der Waals surface area contributed by atoms with Crippen molar-refractivity contribution in [3.8, 4) is 6.07 Å². The molecule has 1 heterocycles. The number of hydrogen-bond acceptors (Lipinski definition) is 4. The van der Waals surface area contributed by atoms with E-state index < -0.39 is 0 Å². The molecular weight excluding hydrogens is 208 g/mol. The number of nitrogens with zero attached hydrogens (tertiary/aromatic N) is 1. The predicted molar refractivity (Wildman–Crippen MR) is 61.7 cm³/mol. The van der Waals surface area contributed by atoms with E-state index in [2.05, 4.69) is 18.3 Å². The first-order chi connectivity index (χ1) is 7.17. The third-order valence-electron chi connectivity index (χ3n) is 2.26. The molecule has 0 aliphatic carbocycles. The van der Waals surface area contributed by atoms with E-state index in [0.717, 1.165) is 16.2 Å². The third kappa shape index (κ3) is 3.63. The van der Waals surface area contributed by atoms with Gasteiger partial charge in [0.1, 0.15) is 10.9 Å². The zero-order valence-corrected chi connectivity index (χ0v) is 9.84. The number of rotatable bonds is 5. The molecule has 0 radical (unpaired) electrons. The summed E-state index contributed by atoms with van der Waals surface area (Å²) in [7, 11) is 0. The van der Waals surface area contributed by atoms with Crippen LogP contribution in [-0.2, 0) is 0 Å². The Hall–Kier alpha value is -0.890. The minimum atomic E-state index is 0.203. The van der Waals surface area contributed by atoms with Crippen molar-refractivity contribution in [2.45, 2.75) is 32.4 Å². The Bertz CT molecular complexity index is 343. The zero-order valence-electron chi connectivity index (χ0n) is 9.03. The highest BCUT2D eigenvalue weighted by Gasteiger charge is 2.11. The van der Waals surface area contributed by atoms with Crippen molar-refractivity contribution >= 4 is 11.3 Å². The van der Waals surface area contributed by atoms with Gasteiger partial charge in [-0.1, -0.05) is 0 Å². The molecule has 0 amide bonds. The molecule has 1 unspecified atom stereocenters. The van der Waals surface area contributed by atoms with Crippen molar-refractivity contribution in [1.29, 1.82) is 5.26 Å². The highest BCUT2D eigenvalue weighted by Crippen LogP contribution is 2.22. The fraction of sp³-hybridized carbons (Fsp3) is 0.545. The van der Waals surface area contributed by atoms with Crippen LogP contribution in [-0.4, -0.2) is 17.8 Å². The molecule has 4 heteroatoms. The molecule has 0 bridgehead atoms. The van der Waals surface area contributed by atoms with Crippen LogP contribution in [0.1, 0.15) is 36.1 Å². The Kier molecular flexibility index (Phi) is 4.76. The molecule has 15 heavy (non-hydrogen) atoms. The van der Waals surface area contributed by atoms with Crippen molar-refractivity contribution < 1.29 is 5.11 Å². The number of hydrogen-bond donors (Lipinski definition) is 2. The van der Waals surface area contributed by atoms with Crippen molar-refractivity contribution in [1.82, 2.24) is 5.32 Å². The summed E-state index contributed by atoms with van der Waals surface area (Å²) in [6.07, 6.45) is 0.751. The van der Waals surface area contributed by atoms with E-state index in [-0.39, 0.29) is 18.7 Å². The van der Waals surface area contributed by atoms with Crippen LogP contribution < -0.4 is 5.32 Å². The van der Waals surface area contributed by atoms with E-state index in [0.29, 0.717) is 0 Å². The zero-order chi connectivity index (χ0) is 11.3. The molecule has 0 fully saturated rings. The largest absolute Gasteiger partial charge is 0.396 e. The Morgan fingerprint density at radius 1 is 1.53 bits per heavy atom. The van der Waals surface area contributed by atoms with Gasteiger partial charge in [-0.3, -0.25) is 0 Å². The Labute approximate surface area is 94.4 Å². The summed E-state index contributed by atoms with van der Waals surface area (Å²) < 4.78 is 0. The summed E-state index contributed by atoms with van der Waals surface area (Å²) in [5.74, 6) is 0. The molecule has 3 nitrogen and oxygen atoms in total. The lowest BCUT2D eigenvalue weighted by Gasteiger charge is -2.18. The summed E-state index contributed by atoms with van der Waals surface area (Å²) >= 11 is 1.51. The van der Waals surface area contributed by atoms with Gasteiger partial charge in [0.25, 0.3) is 0 Å². The Morgan fingerprint density at radius 3 is 2.80 bits per heavy atom. The molecule has 1 rings (SSSR count). The summed E-state index contributed by atoms with van der Waals surface area (Å²) in [5.41, 5.74) is 0. The minimum Gasteiger partial charge on any atom is -0.396 e. The summed E-state index contributed by atoms with van der Waals surface area (Å²) in [4.78, 5) is 1.91. The lowest BCUT2D eigenvalue weighted by molar-refractivity contribution is 0.265. The molecule has 0 aliphatic heterocycles. The molecular formula is C11H16N2OS. The summed E-state index contributed by atoms with van der Waals surface area (Å²) in [6.45, 7) is 4.32. The van der Waals surface area contributed by atoms with E-state index in [1.807, 2.05) is 19.1 Å². The quantitative estimate of drug-likeness (QED) is 0.804. The smallest absolute Gasteiger partial charge is 0.110 e. The van der Waals surface area contributed by atoms with Crippen LogP contribution in [0.15, 0.2) is 12.1 Å². The lowest BCUT2D eigenvalue weighted by Crippen LogP contribution is -2.29. The van der Waals surface area contributed by atoms with E-state index in [1.54, 1.807) is 0 Å². The van der Waals surface area contributed by atoms with Gasteiger partial charge in [-0.15, -0.1) is 11.3 Å². The normalized spacial score (nSPS) is 14.5. The summed E-state index contributed by atoms with van der Waals surface area (Å²) in [6, 6.07) is 6.48. The van der Waals surface area contributed by atoms with E-state index in [9.17, 15) is 0 Å². The molecule has 1 aromatic heterocycles. The maximum Gasteiger partial charge on any atom is 0.110 e. The Morgan fingerprint density at radius 2 is 2.27 bits per heavy atom. The molecule has 2 N–H and O–H groups in total. The predicted octanol–water partition coefficient (Wildman–Crippen LogP) is 2.04. The standard InChI is InChI=1S/C11H16N2OS/c1-8(5-6-14)13-9(2)11-4-3-10(7-12)15-11/h3-4,8-9,13-14H,5-6H2,1-2H3/t8-,9?/m1/s1. The molecule has 0 spiro atoms. The van der Waals surface area contributed by atoms with E-state index in [4.69, 9.17) is 10.4 Å². The second kappa shape index (κ2) is 5.86. The first-order valence-corrected chi connectivity index (χ1v) is 5.85. The Balaban J connectivity index is 2.53. The number of thiophene rings is 1. The molecule has 1 aromatic rings. The second-order valence-electron chi connectivity index (χ2n) is 3.62. The van der Waals surface area contributed by atoms with Crippen LogP contribution in [0.4, 0.5) is 0 Å². The molecule has 0 saturated carbocycles. The summed E-state index contributed by atoms with van der Waals surface area (Å²) in [5, 5.41) is 20.9. The number of aliphatic hydroxyl groups excluding tert-OH is 1. The molecule has 0 aliphatic rings. The first kappa shape index (κ1) is 12.2. The topological polar surface area (TPSA) is 56.0 Å². The number of nitrogens with one attached hydrogen (secondary N) is 1. The average Bonchev–Trinajstić information content (AvgIpc) is 2.66. The van der Waals surface area contributed by atoms with Gasteiger partial charge < -0.3 is 10.4 Å². The highest BCUT2D eigenvalue weighted by molar-refractivity contribution is 7.12. The second-order valence-corrected chi connectivity index (χ2v) is 4.73. The van der Waals surface area contributed by atoms with Crippen molar-refractivity contribution in [2.75, 3.05) is 6.61 Å². The van der Waals surface area contributed by atoms with Crippen molar-refractivity contribution in [2.24, 2.45) is 0 Å².